The largest absolute Gasteiger partial charge is 0.340 e. The lowest BCUT2D eigenvalue weighted by molar-refractivity contribution is -0.132. The van der Waals surface area contributed by atoms with Crippen LogP contribution in [0.5, 0.6) is 0 Å². The molecule has 0 bridgehead atoms. The third-order valence-electron chi connectivity index (χ3n) is 5.96. The highest BCUT2D eigenvalue weighted by molar-refractivity contribution is 5.94. The number of para-hydroxylation sites is 1. The number of nitrogens with zero attached hydrogens (tertiary/aromatic N) is 2. The number of nitrogens with one attached hydrogen (secondary N) is 1. The van der Waals surface area contributed by atoms with Gasteiger partial charge in [0.25, 0.3) is 0 Å². The fraction of sp³-hybridized carbons (Fsp3) is 0.440. The predicted molar refractivity (Wildman–Crippen MR) is 122 cm³/mol. The summed E-state index contributed by atoms with van der Waals surface area (Å²) in [6, 6.07) is 14.2. The molecule has 0 aromatic heterocycles. The van der Waals surface area contributed by atoms with Crippen molar-refractivity contribution in [2.45, 2.75) is 40.0 Å². The number of hydrogen-bond acceptors (Lipinski definition) is 3. The first-order valence-corrected chi connectivity index (χ1v) is 11.0. The Kier molecular flexibility index (Phi) is 7.63. The molecule has 5 nitrogen and oxygen atoms in total. The molecule has 2 aromatic carbocycles. The zero-order valence-electron chi connectivity index (χ0n) is 18.4. The molecule has 1 heterocycles. The monoisotopic (exact) mass is 407 g/mol. The first-order chi connectivity index (χ1) is 14.5. The van der Waals surface area contributed by atoms with Crippen molar-refractivity contribution >= 4 is 17.5 Å². The normalized spacial score (nSPS) is 14.6. The van der Waals surface area contributed by atoms with Gasteiger partial charge in [0.1, 0.15) is 0 Å². The molecule has 0 atom stereocenters. The summed E-state index contributed by atoms with van der Waals surface area (Å²) in [5, 5.41) is 3.14. The van der Waals surface area contributed by atoms with Crippen LogP contribution in [0.2, 0.25) is 0 Å². The third-order valence-corrected chi connectivity index (χ3v) is 5.96. The first-order valence-electron chi connectivity index (χ1n) is 11.0. The van der Waals surface area contributed by atoms with Gasteiger partial charge in [-0.25, -0.2) is 0 Å². The van der Waals surface area contributed by atoms with Crippen LogP contribution in [0.15, 0.2) is 42.5 Å². The highest BCUT2D eigenvalue weighted by atomic mass is 16.2. The van der Waals surface area contributed by atoms with E-state index in [1.54, 1.807) is 0 Å². The molecule has 1 aliphatic rings. The highest BCUT2D eigenvalue weighted by Gasteiger charge is 2.23. The fourth-order valence-electron chi connectivity index (χ4n) is 4.02. The molecule has 30 heavy (non-hydrogen) atoms. The molecule has 2 aromatic rings. The molecular weight excluding hydrogens is 374 g/mol. The van der Waals surface area contributed by atoms with Crippen molar-refractivity contribution in [2.24, 2.45) is 0 Å². The molecule has 3 rings (SSSR count). The standard InChI is InChI=1S/C25H33N3O2/c1-4-20-11-8-12-21(5-2)25(20)26-23(29)18-27-13-15-28(16-14-27)24(30)17-22-10-7-6-9-19(22)3/h6-12H,4-5,13-18H2,1-3H3,(H,26,29). The Morgan fingerprint density at radius 2 is 1.47 bits per heavy atom. The van der Waals surface area contributed by atoms with E-state index in [9.17, 15) is 9.59 Å². The molecule has 0 radical (unpaired) electrons. The second-order valence-corrected chi connectivity index (χ2v) is 7.97. The van der Waals surface area contributed by atoms with Gasteiger partial charge in [-0.1, -0.05) is 56.3 Å². The molecule has 0 unspecified atom stereocenters. The van der Waals surface area contributed by atoms with Gasteiger partial charge < -0.3 is 10.2 Å². The van der Waals surface area contributed by atoms with Gasteiger partial charge in [0.2, 0.25) is 11.8 Å². The Bertz CT molecular complexity index is 863. The van der Waals surface area contributed by atoms with E-state index in [4.69, 9.17) is 0 Å². The minimum atomic E-state index is 0.0188. The van der Waals surface area contributed by atoms with Crippen LogP contribution in [-0.4, -0.2) is 54.3 Å². The topological polar surface area (TPSA) is 52.7 Å². The van der Waals surface area contributed by atoms with E-state index >= 15 is 0 Å². The summed E-state index contributed by atoms with van der Waals surface area (Å²) in [6.45, 7) is 9.41. The smallest absolute Gasteiger partial charge is 0.238 e. The van der Waals surface area contributed by atoms with Gasteiger partial charge in [-0.3, -0.25) is 14.5 Å². The molecule has 1 fully saturated rings. The number of hydrogen-bond donors (Lipinski definition) is 1. The molecule has 5 heteroatoms. The van der Waals surface area contributed by atoms with Crippen molar-refractivity contribution in [1.29, 1.82) is 0 Å². The number of anilines is 1. The Morgan fingerprint density at radius 3 is 2.07 bits per heavy atom. The third kappa shape index (κ3) is 5.48. The lowest BCUT2D eigenvalue weighted by Gasteiger charge is -2.34. The maximum atomic E-state index is 12.7. The second kappa shape index (κ2) is 10.4. The number of benzene rings is 2. The van der Waals surface area contributed by atoms with Gasteiger partial charge in [0.05, 0.1) is 13.0 Å². The van der Waals surface area contributed by atoms with Crippen LogP contribution in [0.1, 0.15) is 36.1 Å². The Balaban J connectivity index is 1.51. The van der Waals surface area contributed by atoms with E-state index in [1.165, 1.54) is 11.1 Å². The predicted octanol–water partition coefficient (Wildman–Crippen LogP) is 3.45. The van der Waals surface area contributed by atoms with Crippen molar-refractivity contribution in [2.75, 3.05) is 38.0 Å². The molecule has 0 aliphatic carbocycles. The van der Waals surface area contributed by atoms with Crippen molar-refractivity contribution in [1.82, 2.24) is 9.80 Å². The van der Waals surface area contributed by atoms with Gasteiger partial charge in [-0.15, -0.1) is 0 Å². The summed E-state index contributed by atoms with van der Waals surface area (Å²) < 4.78 is 0. The van der Waals surface area contributed by atoms with Gasteiger partial charge in [0, 0.05) is 31.9 Å². The molecule has 0 saturated carbocycles. The van der Waals surface area contributed by atoms with Crippen LogP contribution in [0.25, 0.3) is 0 Å². The van der Waals surface area contributed by atoms with Crippen molar-refractivity contribution in [3.63, 3.8) is 0 Å². The van der Waals surface area contributed by atoms with Crippen molar-refractivity contribution in [3.8, 4) is 0 Å². The Hall–Kier alpha value is -2.66. The van der Waals surface area contributed by atoms with E-state index in [0.717, 1.165) is 42.7 Å². The van der Waals surface area contributed by atoms with Crippen LogP contribution in [0, 0.1) is 6.92 Å². The highest BCUT2D eigenvalue weighted by Crippen LogP contribution is 2.22. The van der Waals surface area contributed by atoms with Crippen LogP contribution in [0.4, 0.5) is 5.69 Å². The number of carbonyl (C=O) groups is 2. The summed E-state index contributed by atoms with van der Waals surface area (Å²) >= 11 is 0. The fourth-order valence-corrected chi connectivity index (χ4v) is 4.02. The van der Waals surface area contributed by atoms with Gasteiger partial charge in [-0.05, 0) is 42.0 Å². The van der Waals surface area contributed by atoms with Crippen LogP contribution in [0.3, 0.4) is 0 Å². The van der Waals surface area contributed by atoms with Gasteiger partial charge in [0.15, 0.2) is 0 Å². The number of rotatable bonds is 7. The average Bonchev–Trinajstić information content (AvgIpc) is 2.76. The van der Waals surface area contributed by atoms with Crippen LogP contribution in [-0.2, 0) is 28.9 Å². The summed E-state index contributed by atoms with van der Waals surface area (Å²) in [7, 11) is 0. The zero-order chi connectivity index (χ0) is 21.5. The van der Waals surface area contributed by atoms with Gasteiger partial charge in [-0.2, -0.15) is 0 Å². The lowest BCUT2D eigenvalue weighted by Crippen LogP contribution is -2.50. The van der Waals surface area contributed by atoms with Crippen molar-refractivity contribution < 1.29 is 9.59 Å². The molecule has 160 valence electrons. The average molecular weight is 408 g/mol. The Morgan fingerprint density at radius 1 is 0.867 bits per heavy atom. The summed E-state index contributed by atoms with van der Waals surface area (Å²) in [5.74, 6) is 0.183. The second-order valence-electron chi connectivity index (χ2n) is 7.97. The quantitative estimate of drug-likeness (QED) is 0.765. The van der Waals surface area contributed by atoms with E-state index in [-0.39, 0.29) is 11.8 Å². The van der Waals surface area contributed by atoms with E-state index in [1.807, 2.05) is 36.1 Å². The molecule has 0 spiro atoms. The molecule has 2 amide bonds. The maximum absolute atomic E-state index is 12.7. The number of carbonyl (C=O) groups excluding carboxylic acids is 2. The first kappa shape index (κ1) is 22.0. The van der Waals surface area contributed by atoms with Gasteiger partial charge >= 0.3 is 0 Å². The summed E-state index contributed by atoms with van der Waals surface area (Å²) in [4.78, 5) is 29.4. The summed E-state index contributed by atoms with van der Waals surface area (Å²) in [5.41, 5.74) is 5.56. The van der Waals surface area contributed by atoms with E-state index in [0.29, 0.717) is 26.1 Å². The van der Waals surface area contributed by atoms with E-state index < -0.39 is 0 Å². The maximum Gasteiger partial charge on any atom is 0.238 e. The van der Waals surface area contributed by atoms with Crippen LogP contribution >= 0.6 is 0 Å². The summed E-state index contributed by atoms with van der Waals surface area (Å²) in [6.07, 6.45) is 2.23. The molecule has 1 aliphatic heterocycles. The Labute approximate surface area is 180 Å². The van der Waals surface area contributed by atoms with Crippen molar-refractivity contribution in [3.05, 3.63) is 64.7 Å². The SMILES string of the molecule is CCc1cccc(CC)c1NC(=O)CN1CCN(C(=O)Cc2ccccc2C)CC1. The number of amides is 2. The molecule has 1 N–H and O–H groups in total. The number of piperazine rings is 1. The van der Waals surface area contributed by atoms with E-state index in [2.05, 4.69) is 42.3 Å². The zero-order valence-corrected chi connectivity index (χ0v) is 18.4. The minimum absolute atomic E-state index is 0.0188. The van der Waals surface area contributed by atoms with Crippen LogP contribution < -0.4 is 5.32 Å². The number of aryl methyl sites for hydroxylation is 3. The lowest BCUT2D eigenvalue weighted by atomic mass is 10.0. The minimum Gasteiger partial charge on any atom is -0.340 e. The molecule has 1 saturated heterocycles. The molecular formula is C25H33N3O2.